The van der Waals surface area contributed by atoms with Gasteiger partial charge in [0.05, 0.1) is 0 Å². The Morgan fingerprint density at radius 3 is 2.68 bits per heavy atom. The Kier molecular flexibility index (Phi) is 3.59. The van der Waals surface area contributed by atoms with Gasteiger partial charge in [-0.2, -0.15) is 0 Å². The zero-order chi connectivity index (χ0) is 15.5. The molecule has 0 amide bonds. The second kappa shape index (κ2) is 5.15. The standard InChI is InChI=1S/C17H28O5/c1-5-18-14-11(3)13-7-6-10(2)12-8-9-16(4)20-15(19-14)17(12,13)22-21-16/h10-15H,5-9H2,1-4H3/t10-,11+,12+,13+,14+,15-,16?,17-/m1/s1. The molecule has 4 saturated heterocycles. The van der Waals surface area contributed by atoms with Crippen molar-refractivity contribution in [3.63, 3.8) is 0 Å². The summed E-state index contributed by atoms with van der Waals surface area (Å²) in [6, 6.07) is 0. The van der Waals surface area contributed by atoms with Gasteiger partial charge < -0.3 is 14.2 Å². The molecule has 126 valence electrons. The molecule has 5 rings (SSSR count). The summed E-state index contributed by atoms with van der Waals surface area (Å²) in [7, 11) is 0. The van der Waals surface area contributed by atoms with Crippen LogP contribution in [0.25, 0.3) is 0 Å². The van der Waals surface area contributed by atoms with Crippen LogP contribution in [0.4, 0.5) is 0 Å². The first-order chi connectivity index (χ1) is 10.5. The predicted molar refractivity (Wildman–Crippen MR) is 78.5 cm³/mol. The quantitative estimate of drug-likeness (QED) is 0.733. The van der Waals surface area contributed by atoms with E-state index in [0.717, 1.165) is 19.3 Å². The largest absolute Gasteiger partial charge is 0.353 e. The predicted octanol–water partition coefficient (Wildman–Crippen LogP) is 3.23. The minimum atomic E-state index is -0.700. The number of hydrogen-bond donors (Lipinski definition) is 0. The molecular weight excluding hydrogens is 284 g/mol. The highest BCUT2D eigenvalue weighted by molar-refractivity contribution is 5.09. The fraction of sp³-hybridized carbons (Fsp3) is 1.00. The van der Waals surface area contributed by atoms with Gasteiger partial charge >= 0.3 is 0 Å². The maximum atomic E-state index is 6.25. The molecule has 5 fully saturated rings. The van der Waals surface area contributed by atoms with E-state index in [0.29, 0.717) is 24.4 Å². The Hall–Kier alpha value is -0.200. The van der Waals surface area contributed by atoms with E-state index >= 15 is 0 Å². The van der Waals surface area contributed by atoms with Gasteiger partial charge in [0.25, 0.3) is 0 Å². The van der Waals surface area contributed by atoms with Gasteiger partial charge in [0.2, 0.25) is 5.79 Å². The molecule has 8 atom stereocenters. The number of rotatable bonds is 2. The molecule has 0 radical (unpaired) electrons. The molecule has 0 aromatic heterocycles. The molecular formula is C17H28O5. The van der Waals surface area contributed by atoms with Crippen molar-refractivity contribution < 1.29 is 24.0 Å². The van der Waals surface area contributed by atoms with E-state index in [4.69, 9.17) is 24.0 Å². The van der Waals surface area contributed by atoms with Gasteiger partial charge in [0, 0.05) is 24.9 Å². The Morgan fingerprint density at radius 2 is 1.91 bits per heavy atom. The zero-order valence-electron chi connectivity index (χ0n) is 14.0. The number of ether oxygens (including phenoxy) is 3. The fourth-order valence-corrected chi connectivity index (χ4v) is 5.23. The zero-order valence-corrected chi connectivity index (χ0v) is 14.0. The molecule has 5 nitrogen and oxygen atoms in total. The van der Waals surface area contributed by atoms with Crippen molar-refractivity contribution in [1.82, 2.24) is 0 Å². The molecule has 22 heavy (non-hydrogen) atoms. The van der Waals surface area contributed by atoms with Crippen LogP contribution >= 0.6 is 0 Å². The lowest BCUT2D eigenvalue weighted by molar-refractivity contribution is -0.577. The molecule has 1 saturated carbocycles. The van der Waals surface area contributed by atoms with Gasteiger partial charge in [0.15, 0.2) is 18.2 Å². The third-order valence-electron chi connectivity index (χ3n) is 6.43. The second-order valence-electron chi connectivity index (χ2n) is 7.73. The van der Waals surface area contributed by atoms with Gasteiger partial charge in [-0.05, 0) is 44.9 Å². The molecule has 5 aliphatic rings. The van der Waals surface area contributed by atoms with Gasteiger partial charge in [-0.25, -0.2) is 9.78 Å². The highest BCUT2D eigenvalue weighted by Gasteiger charge is 2.69. The topological polar surface area (TPSA) is 46.2 Å². The molecule has 1 spiro atoms. The summed E-state index contributed by atoms with van der Waals surface area (Å²) in [4.78, 5) is 11.9. The molecule has 4 aliphatic heterocycles. The van der Waals surface area contributed by atoms with Crippen LogP contribution in [0.3, 0.4) is 0 Å². The summed E-state index contributed by atoms with van der Waals surface area (Å²) in [6.45, 7) is 9.15. The maximum Gasteiger partial charge on any atom is 0.201 e. The lowest BCUT2D eigenvalue weighted by atomic mass is 9.58. The lowest BCUT2D eigenvalue weighted by Gasteiger charge is -2.60. The van der Waals surface area contributed by atoms with Gasteiger partial charge in [-0.1, -0.05) is 13.8 Å². The number of hydrogen-bond acceptors (Lipinski definition) is 5. The monoisotopic (exact) mass is 312 g/mol. The van der Waals surface area contributed by atoms with Crippen molar-refractivity contribution in [2.75, 3.05) is 6.61 Å². The molecule has 0 aromatic carbocycles. The van der Waals surface area contributed by atoms with Crippen molar-refractivity contribution >= 4 is 0 Å². The summed E-state index contributed by atoms with van der Waals surface area (Å²) in [5, 5.41) is 0. The van der Waals surface area contributed by atoms with E-state index in [1.807, 2.05) is 13.8 Å². The van der Waals surface area contributed by atoms with E-state index in [1.54, 1.807) is 0 Å². The van der Waals surface area contributed by atoms with Crippen molar-refractivity contribution in [3.8, 4) is 0 Å². The van der Waals surface area contributed by atoms with Crippen LogP contribution in [0, 0.1) is 23.7 Å². The highest BCUT2D eigenvalue weighted by atomic mass is 17.3. The van der Waals surface area contributed by atoms with Crippen LogP contribution in [0.2, 0.25) is 0 Å². The summed E-state index contributed by atoms with van der Waals surface area (Å²) >= 11 is 0. The van der Waals surface area contributed by atoms with Gasteiger partial charge in [-0.15, -0.1) is 0 Å². The number of fused-ring (bicyclic) bond motifs is 2. The van der Waals surface area contributed by atoms with Crippen LogP contribution < -0.4 is 0 Å². The lowest BCUT2D eigenvalue weighted by Crippen LogP contribution is -2.70. The van der Waals surface area contributed by atoms with E-state index in [2.05, 4.69) is 13.8 Å². The van der Waals surface area contributed by atoms with E-state index in [9.17, 15) is 0 Å². The Labute approximate surface area is 132 Å². The first-order valence-corrected chi connectivity index (χ1v) is 8.82. The summed E-state index contributed by atoms with van der Waals surface area (Å²) in [5.74, 6) is 0.957. The Balaban J connectivity index is 1.75. The van der Waals surface area contributed by atoms with Crippen LogP contribution in [-0.4, -0.2) is 30.6 Å². The Bertz CT molecular complexity index is 443. The van der Waals surface area contributed by atoms with Crippen molar-refractivity contribution in [1.29, 1.82) is 0 Å². The van der Waals surface area contributed by atoms with E-state index < -0.39 is 11.4 Å². The summed E-state index contributed by atoms with van der Waals surface area (Å²) < 4.78 is 18.3. The van der Waals surface area contributed by atoms with Crippen LogP contribution in [0.1, 0.15) is 53.4 Å². The van der Waals surface area contributed by atoms with Crippen molar-refractivity contribution in [2.24, 2.45) is 23.7 Å². The average Bonchev–Trinajstić information content (AvgIpc) is 2.71. The Morgan fingerprint density at radius 1 is 1.09 bits per heavy atom. The smallest absolute Gasteiger partial charge is 0.201 e. The molecule has 0 N–H and O–H groups in total. The molecule has 1 unspecified atom stereocenters. The minimum Gasteiger partial charge on any atom is -0.353 e. The van der Waals surface area contributed by atoms with Gasteiger partial charge in [-0.3, -0.25) is 0 Å². The molecule has 2 bridgehead atoms. The minimum absolute atomic E-state index is 0.216. The average molecular weight is 312 g/mol. The van der Waals surface area contributed by atoms with E-state index in [1.165, 1.54) is 6.42 Å². The molecule has 4 heterocycles. The van der Waals surface area contributed by atoms with Crippen molar-refractivity contribution in [3.05, 3.63) is 0 Å². The van der Waals surface area contributed by atoms with E-state index in [-0.39, 0.29) is 18.5 Å². The molecule has 1 aliphatic carbocycles. The SMILES string of the molecule is CCO[C@H]1O[C@@H]2OC3(C)CC[C@H]4[C@H](C)CC[C@@H]([C@@H]1C)[C@@]24OO3. The first-order valence-electron chi connectivity index (χ1n) is 8.82. The summed E-state index contributed by atoms with van der Waals surface area (Å²) in [6.07, 6.45) is 3.66. The molecule has 5 heteroatoms. The fourth-order valence-electron chi connectivity index (χ4n) is 5.23. The van der Waals surface area contributed by atoms with Crippen LogP contribution in [-0.2, 0) is 24.0 Å². The summed E-state index contributed by atoms with van der Waals surface area (Å²) in [5.41, 5.74) is -0.472. The normalized spacial score (nSPS) is 57.3. The van der Waals surface area contributed by atoms with Crippen LogP contribution in [0.15, 0.2) is 0 Å². The molecule has 0 aromatic rings. The third kappa shape index (κ3) is 1.96. The first kappa shape index (κ1) is 15.3. The van der Waals surface area contributed by atoms with Crippen LogP contribution in [0.5, 0.6) is 0 Å². The van der Waals surface area contributed by atoms with Gasteiger partial charge in [0.1, 0.15) is 0 Å². The highest BCUT2D eigenvalue weighted by Crippen LogP contribution is 2.60. The third-order valence-corrected chi connectivity index (χ3v) is 6.43. The van der Waals surface area contributed by atoms with Crippen molar-refractivity contribution in [2.45, 2.75) is 77.3 Å². The maximum absolute atomic E-state index is 6.25. The second-order valence-corrected chi connectivity index (χ2v) is 7.73.